The number of halogens is 2. The number of nitrogens with one attached hydrogen (secondary N) is 1. The van der Waals surface area contributed by atoms with E-state index in [-0.39, 0.29) is 16.4 Å². The van der Waals surface area contributed by atoms with Gasteiger partial charge in [0.25, 0.3) is 12.0 Å². The molecule has 1 amide bonds. The Hall–Kier alpha value is -2.88. The normalized spacial score (nSPS) is 17.0. The first-order valence-corrected chi connectivity index (χ1v) is 9.07. The Balaban J connectivity index is 1.62. The second kappa shape index (κ2) is 7.03. The number of aromatic amines is 1. The zero-order chi connectivity index (χ0) is 19.0. The molecule has 1 aromatic carbocycles. The van der Waals surface area contributed by atoms with E-state index in [2.05, 4.69) is 9.97 Å². The van der Waals surface area contributed by atoms with E-state index in [0.29, 0.717) is 23.7 Å². The number of ether oxygens (including phenoxy) is 1. The van der Waals surface area contributed by atoms with Crippen LogP contribution in [0.4, 0.5) is 13.6 Å². The second-order valence-electron chi connectivity index (χ2n) is 5.99. The number of alkyl halides is 2. The fraction of sp³-hybridized carbons (Fsp3) is 0.294. The Bertz CT molecular complexity index is 1040. The number of nitrogens with zero attached hydrogens (tertiary/aromatic N) is 3. The minimum absolute atomic E-state index is 0.00248. The number of fused-ring (bicyclic) bond motifs is 1. The summed E-state index contributed by atoms with van der Waals surface area (Å²) < 4.78 is 31.1. The molecule has 27 heavy (non-hydrogen) atoms. The quantitative estimate of drug-likeness (QED) is 0.735. The molecule has 1 aliphatic heterocycles. The molecule has 1 saturated heterocycles. The van der Waals surface area contributed by atoms with Crippen molar-refractivity contribution in [2.45, 2.75) is 25.3 Å². The summed E-state index contributed by atoms with van der Waals surface area (Å²) in [7, 11) is 0. The standard InChI is InChI=1S/C17H14F2N4O3S/c18-12(19)13-21-14(24)11-16(22-13)27-15(20-11)10-7-4-8-23(10)17(25)26-9-5-2-1-3-6-9/h1-3,5-6,10,12H,4,7-8H2,(H,21,22,24). The number of carbonyl (C=O) groups is 1. The third-order valence-corrected chi connectivity index (χ3v) is 5.28. The lowest BCUT2D eigenvalue weighted by atomic mass is 10.2. The number of para-hydroxylation sites is 1. The molecule has 7 nitrogen and oxygen atoms in total. The lowest BCUT2D eigenvalue weighted by Crippen LogP contribution is -2.33. The Morgan fingerprint density at radius 1 is 1.30 bits per heavy atom. The zero-order valence-corrected chi connectivity index (χ0v) is 14.7. The van der Waals surface area contributed by atoms with E-state index in [9.17, 15) is 18.4 Å². The zero-order valence-electron chi connectivity index (χ0n) is 13.9. The van der Waals surface area contributed by atoms with Crippen molar-refractivity contribution in [3.63, 3.8) is 0 Å². The minimum atomic E-state index is -2.88. The third kappa shape index (κ3) is 3.39. The lowest BCUT2D eigenvalue weighted by molar-refractivity contribution is 0.140. The highest BCUT2D eigenvalue weighted by molar-refractivity contribution is 7.18. The maximum atomic E-state index is 12.8. The van der Waals surface area contributed by atoms with Crippen LogP contribution in [0, 0.1) is 0 Å². The van der Waals surface area contributed by atoms with Gasteiger partial charge in [-0.15, -0.1) is 0 Å². The number of benzene rings is 1. The fourth-order valence-corrected chi connectivity index (χ4v) is 4.10. The van der Waals surface area contributed by atoms with Crippen LogP contribution in [0.1, 0.15) is 36.1 Å². The van der Waals surface area contributed by atoms with E-state index < -0.39 is 23.9 Å². The summed E-state index contributed by atoms with van der Waals surface area (Å²) in [6.45, 7) is 0.484. The van der Waals surface area contributed by atoms with Crippen LogP contribution in [-0.2, 0) is 0 Å². The summed E-state index contributed by atoms with van der Waals surface area (Å²) >= 11 is 1.04. The van der Waals surface area contributed by atoms with Gasteiger partial charge in [-0.05, 0) is 25.0 Å². The number of thiazole rings is 1. The van der Waals surface area contributed by atoms with E-state index in [4.69, 9.17) is 4.74 Å². The largest absolute Gasteiger partial charge is 0.415 e. The van der Waals surface area contributed by atoms with Gasteiger partial charge in [-0.1, -0.05) is 29.5 Å². The Kier molecular flexibility index (Phi) is 4.56. The average Bonchev–Trinajstić information content (AvgIpc) is 3.29. The van der Waals surface area contributed by atoms with Crippen molar-refractivity contribution in [1.82, 2.24) is 19.9 Å². The number of hydrogen-bond donors (Lipinski definition) is 1. The first-order valence-electron chi connectivity index (χ1n) is 8.25. The molecule has 3 aromatic rings. The van der Waals surface area contributed by atoms with Gasteiger partial charge in [-0.2, -0.15) is 0 Å². The molecule has 1 fully saturated rings. The summed E-state index contributed by atoms with van der Waals surface area (Å²) in [5.74, 6) is -0.258. The number of likely N-dealkylation sites (tertiary alicyclic amines) is 1. The van der Waals surface area contributed by atoms with Gasteiger partial charge in [-0.3, -0.25) is 9.69 Å². The number of aromatic nitrogens is 3. The third-order valence-electron chi connectivity index (χ3n) is 4.23. The van der Waals surface area contributed by atoms with Gasteiger partial charge in [0, 0.05) is 6.54 Å². The topological polar surface area (TPSA) is 88.2 Å². The summed E-state index contributed by atoms with van der Waals surface area (Å²) in [6, 6.07) is 8.31. The molecule has 1 aliphatic rings. The van der Waals surface area contributed by atoms with E-state index in [0.717, 1.165) is 17.8 Å². The van der Waals surface area contributed by atoms with Gasteiger partial charge in [0.05, 0.1) is 6.04 Å². The summed E-state index contributed by atoms with van der Waals surface area (Å²) in [4.78, 5) is 36.3. The number of amides is 1. The monoisotopic (exact) mass is 392 g/mol. The van der Waals surface area contributed by atoms with Crippen LogP contribution in [0.2, 0.25) is 0 Å². The molecule has 3 heterocycles. The van der Waals surface area contributed by atoms with Gasteiger partial charge in [0.2, 0.25) is 0 Å². The highest BCUT2D eigenvalue weighted by Crippen LogP contribution is 2.36. The molecule has 10 heteroatoms. The van der Waals surface area contributed by atoms with Gasteiger partial charge in [0.1, 0.15) is 10.8 Å². The molecule has 0 radical (unpaired) electrons. The molecule has 0 aliphatic carbocycles. The highest BCUT2D eigenvalue weighted by atomic mass is 32.1. The first-order chi connectivity index (χ1) is 13.0. The van der Waals surface area contributed by atoms with Crippen molar-refractivity contribution in [2.24, 2.45) is 0 Å². The number of hydrogen-bond acceptors (Lipinski definition) is 6. The average molecular weight is 392 g/mol. The maximum Gasteiger partial charge on any atom is 0.415 e. The van der Waals surface area contributed by atoms with E-state index >= 15 is 0 Å². The molecule has 140 valence electrons. The van der Waals surface area contributed by atoms with Crippen LogP contribution in [0.5, 0.6) is 5.75 Å². The molecule has 1 N–H and O–H groups in total. The molecule has 1 unspecified atom stereocenters. The van der Waals surface area contributed by atoms with Crippen LogP contribution < -0.4 is 10.3 Å². The minimum Gasteiger partial charge on any atom is -0.410 e. The van der Waals surface area contributed by atoms with E-state index in [1.165, 1.54) is 4.90 Å². The molecule has 4 rings (SSSR count). The second-order valence-corrected chi connectivity index (χ2v) is 7.00. The molecular weight excluding hydrogens is 378 g/mol. The van der Waals surface area contributed by atoms with Gasteiger partial charge < -0.3 is 9.72 Å². The molecule has 0 saturated carbocycles. The molecule has 1 atom stereocenters. The number of H-pyrrole nitrogens is 1. The van der Waals surface area contributed by atoms with Crippen LogP contribution in [0.15, 0.2) is 35.1 Å². The fourth-order valence-electron chi connectivity index (χ4n) is 3.00. The summed E-state index contributed by atoms with van der Waals surface area (Å²) in [5, 5.41) is 0.483. The molecule has 0 bridgehead atoms. The summed E-state index contributed by atoms with van der Waals surface area (Å²) in [6.07, 6.45) is -2.01. The number of carbonyl (C=O) groups excluding carboxylic acids is 1. The number of rotatable bonds is 3. The van der Waals surface area contributed by atoms with Gasteiger partial charge >= 0.3 is 6.09 Å². The predicted octanol–water partition coefficient (Wildman–Crippen LogP) is 3.65. The van der Waals surface area contributed by atoms with E-state index in [1.54, 1.807) is 24.3 Å². The highest BCUT2D eigenvalue weighted by Gasteiger charge is 2.34. The Morgan fingerprint density at radius 3 is 2.81 bits per heavy atom. The van der Waals surface area contributed by atoms with Crippen molar-refractivity contribution >= 4 is 27.8 Å². The molecular formula is C17H14F2N4O3S. The van der Waals surface area contributed by atoms with Crippen molar-refractivity contribution in [1.29, 1.82) is 0 Å². The van der Waals surface area contributed by atoms with Crippen molar-refractivity contribution in [2.75, 3.05) is 6.54 Å². The summed E-state index contributed by atoms with van der Waals surface area (Å²) in [5.41, 5.74) is -0.711. The maximum absolute atomic E-state index is 12.8. The predicted molar refractivity (Wildman–Crippen MR) is 94.1 cm³/mol. The molecule has 2 aromatic heterocycles. The van der Waals surface area contributed by atoms with E-state index in [1.807, 2.05) is 11.1 Å². The first kappa shape index (κ1) is 17.5. The van der Waals surface area contributed by atoms with Crippen LogP contribution >= 0.6 is 11.3 Å². The smallest absolute Gasteiger partial charge is 0.410 e. The SMILES string of the molecule is O=C(Oc1ccccc1)N1CCCC1c1nc2c(=O)[nH]c(C(F)F)nc2s1. The van der Waals surface area contributed by atoms with Crippen molar-refractivity contribution < 1.29 is 18.3 Å². The van der Waals surface area contributed by atoms with Gasteiger partial charge in [-0.25, -0.2) is 23.5 Å². The van der Waals surface area contributed by atoms with Crippen LogP contribution in [0.25, 0.3) is 10.3 Å². The van der Waals surface area contributed by atoms with Crippen molar-refractivity contribution in [3.8, 4) is 5.75 Å². The van der Waals surface area contributed by atoms with Crippen molar-refractivity contribution in [3.05, 3.63) is 51.5 Å². The Labute approximate surface area is 155 Å². The molecule has 0 spiro atoms. The lowest BCUT2D eigenvalue weighted by Gasteiger charge is -2.22. The van der Waals surface area contributed by atoms with Gasteiger partial charge in [0.15, 0.2) is 16.2 Å². The Morgan fingerprint density at radius 2 is 2.07 bits per heavy atom. The van der Waals surface area contributed by atoms with Crippen LogP contribution in [0.3, 0.4) is 0 Å². The van der Waals surface area contributed by atoms with Crippen LogP contribution in [-0.4, -0.2) is 32.5 Å².